The molecule has 0 aliphatic carbocycles. The van der Waals surface area contributed by atoms with Crippen LogP contribution < -0.4 is 10.1 Å². The van der Waals surface area contributed by atoms with Gasteiger partial charge in [-0.2, -0.15) is 0 Å². The van der Waals surface area contributed by atoms with Crippen LogP contribution in [0.2, 0.25) is 0 Å². The van der Waals surface area contributed by atoms with Crippen LogP contribution >= 0.6 is 0 Å². The van der Waals surface area contributed by atoms with Crippen LogP contribution in [-0.2, 0) is 0 Å². The van der Waals surface area contributed by atoms with Gasteiger partial charge in [0.15, 0.2) is 0 Å². The van der Waals surface area contributed by atoms with Crippen LogP contribution in [0, 0.1) is 6.92 Å². The van der Waals surface area contributed by atoms with Gasteiger partial charge in [-0.25, -0.2) is 0 Å². The lowest BCUT2D eigenvalue weighted by Crippen LogP contribution is -2.30. The quantitative estimate of drug-likeness (QED) is 0.774. The zero-order valence-corrected chi connectivity index (χ0v) is 9.92. The summed E-state index contributed by atoms with van der Waals surface area (Å²) in [5.41, 5.74) is 1.24. The van der Waals surface area contributed by atoms with Crippen molar-refractivity contribution in [3.8, 4) is 5.75 Å². The third-order valence-electron chi connectivity index (χ3n) is 2.37. The number of nitrogens with one attached hydrogen (secondary N) is 1. The van der Waals surface area contributed by atoms with Crippen LogP contribution in [0.1, 0.15) is 25.8 Å². The maximum Gasteiger partial charge on any atom is 0.120 e. The zero-order valence-electron chi connectivity index (χ0n) is 9.92. The summed E-state index contributed by atoms with van der Waals surface area (Å²) in [6.07, 6.45) is 1.30. The normalized spacial score (nSPS) is 12.5. The molecule has 0 saturated heterocycles. The summed E-state index contributed by atoms with van der Waals surface area (Å²) >= 11 is 0. The predicted molar refractivity (Wildman–Crippen MR) is 64.4 cm³/mol. The largest absolute Gasteiger partial charge is 0.489 e. The summed E-state index contributed by atoms with van der Waals surface area (Å²) in [7, 11) is 0. The Hall–Kier alpha value is -1.02. The lowest BCUT2D eigenvalue weighted by Gasteiger charge is -2.18. The van der Waals surface area contributed by atoms with E-state index >= 15 is 0 Å². The molecule has 0 aliphatic rings. The van der Waals surface area contributed by atoms with Crippen LogP contribution in [0.15, 0.2) is 24.3 Å². The number of likely N-dealkylation sites (N-methyl/N-ethyl adjacent to an activating group) is 1. The van der Waals surface area contributed by atoms with Crippen LogP contribution in [0.5, 0.6) is 5.75 Å². The highest BCUT2D eigenvalue weighted by atomic mass is 16.5. The smallest absolute Gasteiger partial charge is 0.120 e. The number of benzene rings is 1. The number of ether oxygens (including phenoxy) is 1. The summed E-state index contributed by atoms with van der Waals surface area (Å²) in [5, 5.41) is 3.31. The van der Waals surface area contributed by atoms with Gasteiger partial charge in [0.1, 0.15) is 11.9 Å². The van der Waals surface area contributed by atoms with Gasteiger partial charge in [0.25, 0.3) is 0 Å². The molecule has 2 heteroatoms. The molecule has 15 heavy (non-hydrogen) atoms. The minimum atomic E-state index is 0.270. The van der Waals surface area contributed by atoms with Crippen molar-refractivity contribution in [2.24, 2.45) is 0 Å². The van der Waals surface area contributed by atoms with Gasteiger partial charge in [-0.3, -0.25) is 0 Å². The molecule has 0 spiro atoms. The van der Waals surface area contributed by atoms with Gasteiger partial charge in [0, 0.05) is 6.54 Å². The monoisotopic (exact) mass is 207 g/mol. The molecule has 0 aromatic heterocycles. The van der Waals surface area contributed by atoms with Gasteiger partial charge in [0.2, 0.25) is 0 Å². The molecule has 0 heterocycles. The Labute approximate surface area is 92.6 Å². The lowest BCUT2D eigenvalue weighted by molar-refractivity contribution is 0.194. The number of aryl methyl sites for hydroxylation is 1. The average Bonchev–Trinajstić information content (AvgIpc) is 2.24. The maximum atomic E-state index is 5.88. The molecule has 1 aromatic carbocycles. The summed E-state index contributed by atoms with van der Waals surface area (Å²) in [5.74, 6) is 0.972. The second kappa shape index (κ2) is 6.46. The summed E-state index contributed by atoms with van der Waals surface area (Å²) in [4.78, 5) is 0. The fourth-order valence-electron chi connectivity index (χ4n) is 1.46. The first-order chi connectivity index (χ1) is 7.26. The van der Waals surface area contributed by atoms with E-state index < -0.39 is 0 Å². The molecular weight excluding hydrogens is 186 g/mol. The van der Waals surface area contributed by atoms with Crippen molar-refractivity contribution in [3.05, 3.63) is 29.8 Å². The first kappa shape index (κ1) is 12.1. The van der Waals surface area contributed by atoms with Crippen molar-refractivity contribution in [1.82, 2.24) is 5.32 Å². The molecule has 0 radical (unpaired) electrons. The molecule has 84 valence electrons. The molecule has 1 aromatic rings. The van der Waals surface area contributed by atoms with Gasteiger partial charge < -0.3 is 10.1 Å². The molecule has 1 rings (SSSR count). The number of hydrogen-bond donors (Lipinski definition) is 1. The highest BCUT2D eigenvalue weighted by Crippen LogP contribution is 2.14. The molecule has 1 unspecified atom stereocenters. The third kappa shape index (κ3) is 4.34. The number of hydrogen-bond acceptors (Lipinski definition) is 2. The molecule has 0 fully saturated rings. The SMILES string of the molecule is CCNCC(CC)Oc1cccc(C)c1. The second-order valence-electron chi connectivity index (χ2n) is 3.77. The molecule has 0 amide bonds. The van der Waals surface area contributed by atoms with E-state index in [-0.39, 0.29) is 6.10 Å². The fourth-order valence-corrected chi connectivity index (χ4v) is 1.46. The second-order valence-corrected chi connectivity index (χ2v) is 3.77. The van der Waals surface area contributed by atoms with Gasteiger partial charge in [-0.05, 0) is 37.6 Å². The molecule has 0 bridgehead atoms. The topological polar surface area (TPSA) is 21.3 Å². The predicted octanol–water partition coefficient (Wildman–Crippen LogP) is 2.76. The summed E-state index contributed by atoms with van der Waals surface area (Å²) in [6.45, 7) is 8.25. The Morgan fingerprint density at radius 1 is 1.33 bits per heavy atom. The van der Waals surface area contributed by atoms with E-state index in [0.29, 0.717) is 0 Å². The standard InChI is InChI=1S/C13H21NO/c1-4-12(10-14-5-2)15-13-8-6-7-11(3)9-13/h6-9,12,14H,4-5,10H2,1-3H3. The van der Waals surface area contributed by atoms with Crippen molar-refractivity contribution in [1.29, 1.82) is 0 Å². The van der Waals surface area contributed by atoms with E-state index in [1.54, 1.807) is 0 Å². The van der Waals surface area contributed by atoms with Crippen LogP contribution in [-0.4, -0.2) is 19.2 Å². The van der Waals surface area contributed by atoms with Crippen LogP contribution in [0.4, 0.5) is 0 Å². The van der Waals surface area contributed by atoms with Gasteiger partial charge >= 0.3 is 0 Å². The minimum Gasteiger partial charge on any atom is -0.489 e. The van der Waals surface area contributed by atoms with Gasteiger partial charge in [-0.1, -0.05) is 26.0 Å². The van der Waals surface area contributed by atoms with E-state index in [1.165, 1.54) is 5.56 Å². The first-order valence-corrected chi connectivity index (χ1v) is 5.70. The van der Waals surface area contributed by atoms with E-state index in [9.17, 15) is 0 Å². The highest BCUT2D eigenvalue weighted by Gasteiger charge is 2.06. The molecule has 1 N–H and O–H groups in total. The molecule has 0 aliphatic heterocycles. The summed E-state index contributed by atoms with van der Waals surface area (Å²) in [6, 6.07) is 8.21. The zero-order chi connectivity index (χ0) is 11.1. The van der Waals surface area contributed by atoms with Gasteiger partial charge in [-0.15, -0.1) is 0 Å². The highest BCUT2D eigenvalue weighted by molar-refractivity contribution is 5.27. The van der Waals surface area contributed by atoms with Crippen LogP contribution in [0.25, 0.3) is 0 Å². The Morgan fingerprint density at radius 2 is 2.13 bits per heavy atom. The van der Waals surface area contributed by atoms with Crippen molar-refractivity contribution < 1.29 is 4.74 Å². The van der Waals surface area contributed by atoms with E-state index in [1.807, 2.05) is 12.1 Å². The first-order valence-electron chi connectivity index (χ1n) is 5.70. The average molecular weight is 207 g/mol. The summed E-state index contributed by atoms with van der Waals surface area (Å²) < 4.78 is 5.88. The van der Waals surface area contributed by atoms with E-state index in [0.717, 1.165) is 25.3 Å². The minimum absolute atomic E-state index is 0.270. The third-order valence-corrected chi connectivity index (χ3v) is 2.37. The Balaban J connectivity index is 2.50. The van der Waals surface area contributed by atoms with Crippen molar-refractivity contribution in [2.75, 3.05) is 13.1 Å². The van der Waals surface area contributed by atoms with E-state index in [2.05, 4.69) is 38.2 Å². The molecule has 1 atom stereocenters. The molecule has 2 nitrogen and oxygen atoms in total. The van der Waals surface area contributed by atoms with Crippen LogP contribution in [0.3, 0.4) is 0 Å². The van der Waals surface area contributed by atoms with Crippen molar-refractivity contribution in [2.45, 2.75) is 33.3 Å². The lowest BCUT2D eigenvalue weighted by atomic mass is 10.2. The Morgan fingerprint density at radius 3 is 2.73 bits per heavy atom. The van der Waals surface area contributed by atoms with Crippen molar-refractivity contribution >= 4 is 0 Å². The number of rotatable bonds is 6. The molecule has 0 saturated carbocycles. The van der Waals surface area contributed by atoms with Crippen molar-refractivity contribution in [3.63, 3.8) is 0 Å². The van der Waals surface area contributed by atoms with E-state index in [4.69, 9.17) is 4.74 Å². The maximum absolute atomic E-state index is 5.88. The fraction of sp³-hybridized carbons (Fsp3) is 0.538. The Kier molecular flexibility index (Phi) is 5.19. The Bertz CT molecular complexity index is 286. The van der Waals surface area contributed by atoms with Gasteiger partial charge in [0.05, 0.1) is 0 Å². The molecular formula is C13H21NO.